The standard InChI is InChI=1S/C20H24ClFN2O2/c1-3-24(4-2)13-16-7-5-15(6-8-16)12-23-20(25)14-26-19-10-9-17(22)11-18(19)21/h5-11H,3-4,12-14H2,1-2H3,(H,23,25)/p+1. The van der Waals surface area contributed by atoms with Gasteiger partial charge < -0.3 is 15.0 Å². The Hall–Kier alpha value is -2.11. The van der Waals surface area contributed by atoms with E-state index in [0.29, 0.717) is 6.54 Å². The molecule has 0 spiro atoms. The molecule has 0 unspecified atom stereocenters. The van der Waals surface area contributed by atoms with E-state index in [1.807, 2.05) is 12.1 Å². The third kappa shape index (κ3) is 6.32. The van der Waals surface area contributed by atoms with Gasteiger partial charge in [0.1, 0.15) is 18.1 Å². The Bertz CT molecular complexity index is 718. The summed E-state index contributed by atoms with van der Waals surface area (Å²) in [4.78, 5) is 13.4. The number of quaternary nitrogens is 1. The zero-order valence-electron chi connectivity index (χ0n) is 15.1. The molecule has 0 radical (unpaired) electrons. The highest BCUT2D eigenvalue weighted by Gasteiger charge is 2.08. The molecule has 0 aliphatic heterocycles. The zero-order valence-corrected chi connectivity index (χ0v) is 15.9. The number of carbonyl (C=O) groups excluding carboxylic acids is 1. The van der Waals surface area contributed by atoms with E-state index in [1.54, 1.807) is 0 Å². The smallest absolute Gasteiger partial charge is 0.258 e. The SMILES string of the molecule is CC[NH+](CC)Cc1ccc(CNC(=O)COc2ccc(F)cc2Cl)cc1. The molecule has 0 aliphatic rings. The van der Waals surface area contributed by atoms with Gasteiger partial charge in [0.25, 0.3) is 5.91 Å². The van der Waals surface area contributed by atoms with E-state index in [2.05, 4.69) is 31.3 Å². The minimum absolute atomic E-state index is 0.142. The average Bonchev–Trinajstić information content (AvgIpc) is 2.64. The number of benzene rings is 2. The molecule has 0 bridgehead atoms. The van der Waals surface area contributed by atoms with E-state index in [9.17, 15) is 9.18 Å². The highest BCUT2D eigenvalue weighted by Crippen LogP contribution is 2.24. The molecule has 1 amide bonds. The monoisotopic (exact) mass is 379 g/mol. The summed E-state index contributed by atoms with van der Waals surface area (Å²) >= 11 is 5.86. The van der Waals surface area contributed by atoms with Gasteiger partial charge in [0, 0.05) is 12.1 Å². The maximum absolute atomic E-state index is 13.0. The van der Waals surface area contributed by atoms with Gasteiger partial charge in [-0.15, -0.1) is 0 Å². The molecular formula is C20H25ClFN2O2+. The number of halogens is 2. The minimum Gasteiger partial charge on any atom is -0.482 e. The Balaban J connectivity index is 1.78. The van der Waals surface area contributed by atoms with Gasteiger partial charge in [-0.25, -0.2) is 4.39 Å². The number of nitrogens with one attached hydrogen (secondary N) is 2. The molecule has 0 atom stereocenters. The summed E-state index contributed by atoms with van der Waals surface area (Å²) in [5.41, 5.74) is 2.31. The van der Waals surface area contributed by atoms with Crippen LogP contribution in [0.1, 0.15) is 25.0 Å². The summed E-state index contributed by atoms with van der Waals surface area (Å²) in [6, 6.07) is 12.0. The fourth-order valence-electron chi connectivity index (χ4n) is 2.55. The van der Waals surface area contributed by atoms with Gasteiger partial charge in [0.2, 0.25) is 0 Å². The molecule has 2 aromatic rings. The third-order valence-electron chi connectivity index (χ3n) is 4.22. The quantitative estimate of drug-likeness (QED) is 0.703. The van der Waals surface area contributed by atoms with E-state index in [0.717, 1.165) is 31.3 Å². The third-order valence-corrected chi connectivity index (χ3v) is 4.51. The summed E-state index contributed by atoms with van der Waals surface area (Å²) in [5, 5.41) is 2.94. The van der Waals surface area contributed by atoms with Crippen LogP contribution in [-0.2, 0) is 17.9 Å². The van der Waals surface area contributed by atoms with E-state index in [1.165, 1.54) is 22.6 Å². The maximum atomic E-state index is 13.0. The first kappa shape index (κ1) is 20.2. The molecule has 6 heteroatoms. The lowest BCUT2D eigenvalue weighted by molar-refractivity contribution is -0.910. The fourth-order valence-corrected chi connectivity index (χ4v) is 2.77. The van der Waals surface area contributed by atoms with E-state index in [-0.39, 0.29) is 23.3 Å². The normalized spacial score (nSPS) is 10.8. The van der Waals surface area contributed by atoms with Crippen molar-refractivity contribution in [2.24, 2.45) is 0 Å². The van der Waals surface area contributed by atoms with Gasteiger partial charge in [0.15, 0.2) is 6.61 Å². The fraction of sp³-hybridized carbons (Fsp3) is 0.350. The second-order valence-electron chi connectivity index (χ2n) is 6.09. The number of ether oxygens (including phenoxy) is 1. The first-order chi connectivity index (χ1) is 12.5. The number of carbonyl (C=O) groups is 1. The highest BCUT2D eigenvalue weighted by molar-refractivity contribution is 6.32. The molecule has 4 nitrogen and oxygen atoms in total. The van der Waals surface area contributed by atoms with E-state index < -0.39 is 5.82 Å². The largest absolute Gasteiger partial charge is 0.482 e. The Morgan fingerprint density at radius 3 is 2.38 bits per heavy atom. The second kappa shape index (κ2) is 10.1. The molecule has 0 heterocycles. The van der Waals surface area contributed by atoms with Gasteiger partial charge >= 0.3 is 0 Å². The van der Waals surface area contributed by atoms with E-state index >= 15 is 0 Å². The molecule has 0 saturated carbocycles. The van der Waals surface area contributed by atoms with Crippen LogP contribution >= 0.6 is 11.6 Å². The van der Waals surface area contributed by atoms with Crippen LogP contribution in [0, 0.1) is 5.82 Å². The number of amides is 1. The molecule has 2 rings (SSSR count). The molecule has 0 saturated heterocycles. The molecule has 0 fully saturated rings. The maximum Gasteiger partial charge on any atom is 0.258 e. The Labute approximate surface area is 158 Å². The Morgan fingerprint density at radius 1 is 1.12 bits per heavy atom. The number of hydrogen-bond acceptors (Lipinski definition) is 2. The summed E-state index contributed by atoms with van der Waals surface area (Å²) < 4.78 is 18.3. The van der Waals surface area contributed by atoms with Crippen molar-refractivity contribution >= 4 is 17.5 Å². The van der Waals surface area contributed by atoms with Crippen LogP contribution in [0.4, 0.5) is 4.39 Å². The van der Waals surface area contributed by atoms with Crippen molar-refractivity contribution in [2.75, 3.05) is 19.7 Å². The number of hydrogen-bond donors (Lipinski definition) is 2. The molecular weight excluding hydrogens is 355 g/mol. The van der Waals surface area contributed by atoms with Crippen LogP contribution < -0.4 is 15.0 Å². The lowest BCUT2D eigenvalue weighted by Crippen LogP contribution is -3.10. The van der Waals surface area contributed by atoms with Crippen molar-refractivity contribution in [1.82, 2.24) is 5.32 Å². The number of rotatable bonds is 9. The topological polar surface area (TPSA) is 42.8 Å². The summed E-state index contributed by atoms with van der Waals surface area (Å²) in [6.45, 7) is 7.84. The first-order valence-electron chi connectivity index (χ1n) is 8.77. The van der Waals surface area contributed by atoms with Crippen molar-refractivity contribution in [2.45, 2.75) is 26.9 Å². The second-order valence-corrected chi connectivity index (χ2v) is 6.50. The van der Waals surface area contributed by atoms with Gasteiger partial charge in [-0.05, 0) is 37.6 Å². The lowest BCUT2D eigenvalue weighted by atomic mass is 10.1. The van der Waals surface area contributed by atoms with Gasteiger partial charge in [-0.1, -0.05) is 35.9 Å². The lowest BCUT2D eigenvalue weighted by Gasteiger charge is -2.15. The molecule has 26 heavy (non-hydrogen) atoms. The molecule has 2 N–H and O–H groups in total. The van der Waals surface area contributed by atoms with Gasteiger partial charge in [-0.2, -0.15) is 0 Å². The van der Waals surface area contributed by atoms with Crippen LogP contribution in [0.2, 0.25) is 5.02 Å². The van der Waals surface area contributed by atoms with Crippen LogP contribution in [0.3, 0.4) is 0 Å². The van der Waals surface area contributed by atoms with Crippen molar-refractivity contribution in [1.29, 1.82) is 0 Å². The summed E-state index contributed by atoms with van der Waals surface area (Å²) in [6.07, 6.45) is 0. The van der Waals surface area contributed by atoms with Crippen molar-refractivity contribution in [3.63, 3.8) is 0 Å². The van der Waals surface area contributed by atoms with Crippen LogP contribution in [0.15, 0.2) is 42.5 Å². The van der Waals surface area contributed by atoms with Crippen LogP contribution in [-0.4, -0.2) is 25.6 Å². The van der Waals surface area contributed by atoms with Gasteiger partial charge in [-0.3, -0.25) is 4.79 Å². The van der Waals surface area contributed by atoms with Crippen LogP contribution in [0.5, 0.6) is 5.75 Å². The van der Waals surface area contributed by atoms with Crippen molar-refractivity contribution in [3.8, 4) is 5.75 Å². The predicted molar refractivity (Wildman–Crippen MR) is 101 cm³/mol. The first-order valence-corrected chi connectivity index (χ1v) is 9.15. The molecule has 140 valence electrons. The zero-order chi connectivity index (χ0) is 18.9. The van der Waals surface area contributed by atoms with Crippen molar-refractivity contribution < 1.29 is 18.8 Å². The minimum atomic E-state index is -0.446. The molecule has 2 aromatic carbocycles. The Morgan fingerprint density at radius 2 is 1.77 bits per heavy atom. The van der Waals surface area contributed by atoms with E-state index in [4.69, 9.17) is 16.3 Å². The molecule has 0 aliphatic carbocycles. The van der Waals surface area contributed by atoms with Crippen LogP contribution in [0.25, 0.3) is 0 Å². The van der Waals surface area contributed by atoms with Gasteiger partial charge in [0.05, 0.1) is 18.1 Å². The highest BCUT2D eigenvalue weighted by atomic mass is 35.5. The molecule has 0 aromatic heterocycles. The van der Waals surface area contributed by atoms with Crippen molar-refractivity contribution in [3.05, 3.63) is 64.4 Å². The summed E-state index contributed by atoms with van der Waals surface area (Å²) in [5.74, 6) is -0.425. The Kier molecular flexibility index (Phi) is 7.88. The average molecular weight is 380 g/mol. The summed E-state index contributed by atoms with van der Waals surface area (Å²) in [7, 11) is 0. The predicted octanol–water partition coefficient (Wildman–Crippen LogP) is 2.60.